The van der Waals surface area contributed by atoms with Crippen LogP contribution in [0.1, 0.15) is 25.0 Å². The number of hydrogen-bond acceptors (Lipinski definition) is 5. The van der Waals surface area contributed by atoms with Gasteiger partial charge in [-0.3, -0.25) is 0 Å². The van der Waals surface area contributed by atoms with Crippen LogP contribution in [0.3, 0.4) is 0 Å². The molecule has 0 atom stereocenters. The fraction of sp³-hybridized carbons (Fsp3) is 0.400. The number of alkyl halides is 2. The minimum atomic E-state index is -2.94. The highest BCUT2D eigenvalue weighted by Crippen LogP contribution is 2.32. The molecule has 158 valence electrons. The Morgan fingerprint density at radius 1 is 1.17 bits per heavy atom. The molecule has 0 aliphatic rings. The van der Waals surface area contributed by atoms with Gasteiger partial charge in [0.25, 0.3) is 0 Å². The van der Waals surface area contributed by atoms with Gasteiger partial charge in [0.2, 0.25) is 5.88 Å². The van der Waals surface area contributed by atoms with Gasteiger partial charge in [0.15, 0.2) is 17.5 Å². The first kappa shape index (κ1) is 22.2. The first-order chi connectivity index (χ1) is 14.1. The molecule has 0 amide bonds. The molecule has 0 radical (unpaired) electrons. The normalized spacial score (nSPS) is 11.3. The summed E-state index contributed by atoms with van der Waals surface area (Å²) < 4.78 is 40.8. The van der Waals surface area contributed by atoms with E-state index in [2.05, 4.69) is 20.6 Å². The molecule has 0 spiro atoms. The Labute approximate surface area is 169 Å². The van der Waals surface area contributed by atoms with Crippen molar-refractivity contribution < 1.29 is 23.0 Å². The molecule has 1 aromatic heterocycles. The Bertz CT molecular complexity index is 786. The van der Waals surface area contributed by atoms with Crippen LogP contribution in [-0.4, -0.2) is 37.8 Å². The number of para-hydroxylation sites is 1. The molecule has 1 aromatic carbocycles. The van der Waals surface area contributed by atoms with Gasteiger partial charge >= 0.3 is 6.61 Å². The van der Waals surface area contributed by atoms with Crippen molar-refractivity contribution in [1.29, 1.82) is 0 Å². The van der Waals surface area contributed by atoms with Crippen LogP contribution in [0.15, 0.2) is 41.5 Å². The Kier molecular flexibility index (Phi) is 8.94. The minimum Gasteiger partial charge on any atom is -0.490 e. The van der Waals surface area contributed by atoms with Crippen molar-refractivity contribution in [3.63, 3.8) is 0 Å². The Morgan fingerprint density at radius 3 is 2.62 bits per heavy atom. The van der Waals surface area contributed by atoms with Crippen molar-refractivity contribution in [1.82, 2.24) is 15.6 Å². The quantitative estimate of drug-likeness (QED) is 0.464. The highest BCUT2D eigenvalue weighted by Gasteiger charge is 2.16. The molecule has 0 aliphatic heterocycles. The second kappa shape index (κ2) is 11.7. The summed E-state index contributed by atoms with van der Waals surface area (Å²) in [6, 6.07) is 8.66. The number of pyridine rings is 1. The highest BCUT2D eigenvalue weighted by molar-refractivity contribution is 5.79. The molecular formula is C20H26F2N4O3. The molecule has 2 rings (SSSR count). The molecule has 0 saturated heterocycles. The summed E-state index contributed by atoms with van der Waals surface area (Å²) in [4.78, 5) is 8.64. The van der Waals surface area contributed by atoms with Crippen molar-refractivity contribution >= 4 is 5.96 Å². The summed E-state index contributed by atoms with van der Waals surface area (Å²) in [7, 11) is 1.56. The number of guanidine groups is 1. The molecular weight excluding hydrogens is 382 g/mol. The molecule has 0 fully saturated rings. The van der Waals surface area contributed by atoms with Gasteiger partial charge in [0, 0.05) is 30.9 Å². The summed E-state index contributed by atoms with van der Waals surface area (Å²) in [5, 5.41) is 6.25. The number of aliphatic imine (C=N–C) groups is 1. The smallest absolute Gasteiger partial charge is 0.387 e. The highest BCUT2D eigenvalue weighted by atomic mass is 19.3. The van der Waals surface area contributed by atoms with Crippen molar-refractivity contribution in [2.45, 2.75) is 33.5 Å². The van der Waals surface area contributed by atoms with Gasteiger partial charge in [-0.25, -0.2) is 9.98 Å². The molecule has 0 saturated carbocycles. The van der Waals surface area contributed by atoms with Gasteiger partial charge in [-0.2, -0.15) is 8.78 Å². The maximum atomic E-state index is 12.9. The Morgan fingerprint density at radius 2 is 2.00 bits per heavy atom. The number of ether oxygens (including phenoxy) is 3. The fourth-order valence-corrected chi connectivity index (χ4v) is 2.51. The van der Waals surface area contributed by atoms with Crippen LogP contribution >= 0.6 is 0 Å². The van der Waals surface area contributed by atoms with E-state index < -0.39 is 6.61 Å². The van der Waals surface area contributed by atoms with Crippen LogP contribution in [0.25, 0.3) is 0 Å². The maximum absolute atomic E-state index is 12.9. The first-order valence-corrected chi connectivity index (χ1v) is 9.27. The van der Waals surface area contributed by atoms with E-state index in [1.807, 2.05) is 13.0 Å². The standard InChI is InChI=1S/C20H26F2N4O3/c1-4-23-20(25-12-14-9-10-17(27-3)24-11-14)26-13-15-7-6-8-16(28-5-2)18(15)29-19(21)22/h6-11,19H,4-5,12-13H2,1-3H3,(H2,23,25,26). The summed E-state index contributed by atoms with van der Waals surface area (Å²) in [6.45, 7) is 2.39. The van der Waals surface area contributed by atoms with E-state index in [0.29, 0.717) is 37.1 Å². The lowest BCUT2D eigenvalue weighted by Gasteiger charge is -2.17. The third-order valence-corrected chi connectivity index (χ3v) is 3.78. The van der Waals surface area contributed by atoms with Crippen LogP contribution in [0, 0.1) is 0 Å². The number of nitrogens with zero attached hydrogens (tertiary/aromatic N) is 2. The van der Waals surface area contributed by atoms with Gasteiger partial charge in [-0.05, 0) is 25.5 Å². The molecule has 2 aromatic rings. The van der Waals surface area contributed by atoms with Gasteiger partial charge in [0.1, 0.15) is 0 Å². The summed E-state index contributed by atoms with van der Waals surface area (Å²) in [5.41, 5.74) is 1.44. The monoisotopic (exact) mass is 408 g/mol. The zero-order chi connectivity index (χ0) is 21.1. The second-order valence-electron chi connectivity index (χ2n) is 5.81. The summed E-state index contributed by atoms with van der Waals surface area (Å²) >= 11 is 0. The lowest BCUT2D eigenvalue weighted by molar-refractivity contribution is -0.0520. The SMILES string of the molecule is CCNC(=NCc1ccc(OC)nc1)NCc1cccc(OCC)c1OC(F)F. The number of methoxy groups -OCH3 is 1. The summed E-state index contributed by atoms with van der Waals surface area (Å²) in [5.74, 6) is 1.36. The number of nitrogens with one attached hydrogen (secondary N) is 2. The number of aromatic nitrogens is 1. The van der Waals surface area contributed by atoms with Crippen molar-refractivity contribution in [2.75, 3.05) is 20.3 Å². The third kappa shape index (κ3) is 7.10. The predicted molar refractivity (Wildman–Crippen MR) is 107 cm³/mol. The zero-order valence-electron chi connectivity index (χ0n) is 16.7. The molecule has 9 heteroatoms. The molecule has 7 nitrogen and oxygen atoms in total. The van der Waals surface area contributed by atoms with Crippen LogP contribution < -0.4 is 24.8 Å². The second-order valence-corrected chi connectivity index (χ2v) is 5.81. The number of rotatable bonds is 10. The lowest BCUT2D eigenvalue weighted by atomic mass is 10.2. The number of halogens is 2. The van der Waals surface area contributed by atoms with Gasteiger partial charge in [0.05, 0.1) is 20.3 Å². The lowest BCUT2D eigenvalue weighted by Crippen LogP contribution is -2.36. The van der Waals surface area contributed by atoms with Crippen molar-refractivity contribution in [3.8, 4) is 17.4 Å². The molecule has 0 bridgehead atoms. The van der Waals surface area contributed by atoms with Crippen LogP contribution in [0.4, 0.5) is 8.78 Å². The van der Waals surface area contributed by atoms with E-state index in [0.717, 1.165) is 5.56 Å². The van der Waals surface area contributed by atoms with Crippen molar-refractivity contribution in [3.05, 3.63) is 47.7 Å². The largest absolute Gasteiger partial charge is 0.490 e. The van der Waals surface area contributed by atoms with Gasteiger partial charge in [-0.15, -0.1) is 0 Å². The molecule has 1 heterocycles. The van der Waals surface area contributed by atoms with Gasteiger partial charge in [-0.1, -0.05) is 18.2 Å². The predicted octanol–water partition coefficient (Wildman–Crippen LogP) is 3.35. The third-order valence-electron chi connectivity index (χ3n) is 3.78. The zero-order valence-corrected chi connectivity index (χ0v) is 16.7. The van der Waals surface area contributed by atoms with Crippen LogP contribution in [0.5, 0.6) is 17.4 Å². The molecule has 2 N–H and O–H groups in total. The topological polar surface area (TPSA) is 77.0 Å². The van der Waals surface area contributed by atoms with Crippen molar-refractivity contribution in [2.24, 2.45) is 4.99 Å². The summed E-state index contributed by atoms with van der Waals surface area (Å²) in [6.07, 6.45) is 1.69. The van der Waals surface area contributed by atoms with E-state index in [-0.39, 0.29) is 18.0 Å². The van der Waals surface area contributed by atoms with E-state index in [9.17, 15) is 8.78 Å². The molecule has 29 heavy (non-hydrogen) atoms. The van der Waals surface area contributed by atoms with Crippen LogP contribution in [-0.2, 0) is 13.1 Å². The Hall–Kier alpha value is -3.10. The van der Waals surface area contributed by atoms with Gasteiger partial charge < -0.3 is 24.8 Å². The Balaban J connectivity index is 2.11. The fourth-order valence-electron chi connectivity index (χ4n) is 2.51. The first-order valence-electron chi connectivity index (χ1n) is 9.27. The van der Waals surface area contributed by atoms with E-state index in [1.54, 1.807) is 44.5 Å². The van der Waals surface area contributed by atoms with E-state index in [1.165, 1.54) is 0 Å². The van der Waals surface area contributed by atoms with E-state index in [4.69, 9.17) is 14.2 Å². The van der Waals surface area contributed by atoms with Crippen LogP contribution in [0.2, 0.25) is 0 Å². The maximum Gasteiger partial charge on any atom is 0.387 e. The number of benzene rings is 1. The van der Waals surface area contributed by atoms with E-state index >= 15 is 0 Å². The minimum absolute atomic E-state index is 0.0204. The molecule has 0 unspecified atom stereocenters. The average molecular weight is 408 g/mol. The number of hydrogen-bond donors (Lipinski definition) is 2. The average Bonchev–Trinajstić information content (AvgIpc) is 2.72. The molecule has 0 aliphatic carbocycles.